The van der Waals surface area contributed by atoms with E-state index in [1.807, 2.05) is 34.6 Å². The van der Waals surface area contributed by atoms with Crippen LogP contribution in [-0.2, 0) is 19.2 Å². The number of carbonyl (C=O) groups is 4. The molecule has 8 heteroatoms. The maximum absolute atomic E-state index is 13.0. The minimum atomic E-state index is -0.530. The van der Waals surface area contributed by atoms with Gasteiger partial charge >= 0.3 is 0 Å². The average molecular weight is 475 g/mol. The molecule has 2 N–H and O–H groups in total. The number of nitrogens with one attached hydrogen (secondary N) is 2. The fourth-order valence-electron chi connectivity index (χ4n) is 5.05. The standard InChI is InChI=1S/C26H42N4O4/c1-8-21(31)29-12-10-11-19(16-29)23(33)28-26(6,7)14-18-13-20(24(34)27-25(3,4)5)17-30(15-18)22(32)9-2/h8-9,18-20H,1-2,10-17H2,3-7H3,(H,27,34)(H,28,33)/t18?,19-,20+/m0/s1. The van der Waals surface area contributed by atoms with Crippen molar-refractivity contribution in [3.8, 4) is 0 Å². The number of hydrogen-bond acceptors (Lipinski definition) is 4. The molecule has 2 fully saturated rings. The molecule has 8 nitrogen and oxygen atoms in total. The van der Waals surface area contributed by atoms with Crippen LogP contribution >= 0.6 is 0 Å². The summed E-state index contributed by atoms with van der Waals surface area (Å²) in [5.41, 5.74) is -0.886. The number of nitrogens with zero attached hydrogens (tertiary/aromatic N) is 2. The molecule has 0 saturated carbocycles. The van der Waals surface area contributed by atoms with Crippen molar-refractivity contribution in [1.82, 2.24) is 20.4 Å². The summed E-state index contributed by atoms with van der Waals surface area (Å²) < 4.78 is 0. The smallest absolute Gasteiger partial charge is 0.245 e. The van der Waals surface area contributed by atoms with E-state index in [1.54, 1.807) is 9.80 Å². The molecular weight excluding hydrogens is 432 g/mol. The number of rotatable bonds is 7. The van der Waals surface area contributed by atoms with Gasteiger partial charge in [-0.1, -0.05) is 13.2 Å². The van der Waals surface area contributed by atoms with Crippen molar-refractivity contribution in [2.75, 3.05) is 26.2 Å². The van der Waals surface area contributed by atoms with Gasteiger partial charge in [-0.3, -0.25) is 19.2 Å². The fraction of sp³-hybridized carbons (Fsp3) is 0.692. The molecule has 0 aromatic heterocycles. The van der Waals surface area contributed by atoms with E-state index >= 15 is 0 Å². The van der Waals surface area contributed by atoms with Crippen LogP contribution in [0.3, 0.4) is 0 Å². The third-order valence-corrected chi connectivity index (χ3v) is 6.43. The van der Waals surface area contributed by atoms with Gasteiger partial charge in [0.15, 0.2) is 0 Å². The minimum Gasteiger partial charge on any atom is -0.351 e. The second-order valence-electron chi connectivity index (χ2n) is 11.4. The molecule has 2 rings (SSSR count). The van der Waals surface area contributed by atoms with Crippen LogP contribution in [0.25, 0.3) is 0 Å². The highest BCUT2D eigenvalue weighted by atomic mass is 16.2. The zero-order valence-corrected chi connectivity index (χ0v) is 21.5. The molecule has 0 aliphatic carbocycles. The van der Waals surface area contributed by atoms with Gasteiger partial charge in [-0.2, -0.15) is 0 Å². The van der Waals surface area contributed by atoms with Crippen molar-refractivity contribution in [3.05, 3.63) is 25.3 Å². The largest absolute Gasteiger partial charge is 0.351 e. The Bertz CT molecular complexity index is 814. The van der Waals surface area contributed by atoms with Gasteiger partial charge < -0.3 is 20.4 Å². The molecule has 2 aliphatic heterocycles. The number of likely N-dealkylation sites (tertiary alicyclic amines) is 2. The second kappa shape index (κ2) is 11.2. The molecule has 0 radical (unpaired) electrons. The highest BCUT2D eigenvalue weighted by molar-refractivity contribution is 5.89. The molecule has 34 heavy (non-hydrogen) atoms. The SMILES string of the molecule is C=CC(=O)N1CC(CC(C)(C)NC(=O)[C@H]2CCCN(C(=O)C=C)C2)C[C@@H](C(=O)NC(C)(C)C)C1. The predicted molar refractivity (Wildman–Crippen MR) is 133 cm³/mol. The lowest BCUT2D eigenvalue weighted by Crippen LogP contribution is -2.54. The Balaban J connectivity index is 2.06. The molecule has 4 amide bonds. The van der Waals surface area contributed by atoms with Crippen molar-refractivity contribution in [3.63, 3.8) is 0 Å². The Hall–Kier alpha value is -2.64. The monoisotopic (exact) mass is 474 g/mol. The molecule has 0 aromatic carbocycles. The molecule has 2 saturated heterocycles. The summed E-state index contributed by atoms with van der Waals surface area (Å²) in [7, 11) is 0. The minimum absolute atomic E-state index is 0.0499. The lowest BCUT2D eigenvalue weighted by molar-refractivity contribution is -0.136. The topological polar surface area (TPSA) is 98.8 Å². The summed E-state index contributed by atoms with van der Waals surface area (Å²) in [5, 5.41) is 6.20. The third kappa shape index (κ3) is 7.99. The van der Waals surface area contributed by atoms with Crippen LogP contribution in [-0.4, -0.2) is 70.7 Å². The van der Waals surface area contributed by atoms with E-state index in [0.717, 1.165) is 12.8 Å². The molecule has 3 atom stereocenters. The summed E-state index contributed by atoms with van der Waals surface area (Å²) in [5.74, 6) is -0.982. The van der Waals surface area contributed by atoms with E-state index < -0.39 is 5.54 Å². The van der Waals surface area contributed by atoms with Gasteiger partial charge in [0.1, 0.15) is 0 Å². The van der Waals surface area contributed by atoms with Gasteiger partial charge in [-0.25, -0.2) is 0 Å². The van der Waals surface area contributed by atoms with Crippen molar-refractivity contribution >= 4 is 23.6 Å². The highest BCUT2D eigenvalue weighted by Crippen LogP contribution is 2.30. The zero-order valence-electron chi connectivity index (χ0n) is 21.5. The van der Waals surface area contributed by atoms with Crippen molar-refractivity contribution in [2.24, 2.45) is 17.8 Å². The van der Waals surface area contributed by atoms with Crippen LogP contribution in [0.4, 0.5) is 0 Å². The molecule has 0 aromatic rings. The maximum Gasteiger partial charge on any atom is 0.245 e. The van der Waals surface area contributed by atoms with Gasteiger partial charge in [0, 0.05) is 37.3 Å². The Morgan fingerprint density at radius 3 is 2.00 bits per heavy atom. The average Bonchev–Trinajstić information content (AvgIpc) is 2.75. The predicted octanol–water partition coefficient (Wildman–Crippen LogP) is 2.26. The van der Waals surface area contributed by atoms with E-state index in [0.29, 0.717) is 39.0 Å². The Morgan fingerprint density at radius 2 is 1.41 bits per heavy atom. The Morgan fingerprint density at radius 1 is 0.853 bits per heavy atom. The number of carbonyl (C=O) groups excluding carboxylic acids is 4. The highest BCUT2D eigenvalue weighted by Gasteiger charge is 2.38. The Labute approximate surface area is 204 Å². The van der Waals surface area contributed by atoms with Crippen LogP contribution in [0.2, 0.25) is 0 Å². The summed E-state index contributed by atoms with van der Waals surface area (Å²) in [6.45, 7) is 18.8. The molecule has 1 unspecified atom stereocenters. The van der Waals surface area contributed by atoms with Gasteiger partial charge in [-0.15, -0.1) is 0 Å². The maximum atomic E-state index is 13.0. The van der Waals surface area contributed by atoms with Crippen LogP contribution in [0, 0.1) is 17.8 Å². The van der Waals surface area contributed by atoms with Crippen molar-refractivity contribution in [2.45, 2.75) is 71.4 Å². The first-order chi connectivity index (χ1) is 15.7. The second-order valence-corrected chi connectivity index (χ2v) is 11.4. The summed E-state index contributed by atoms with van der Waals surface area (Å²) in [4.78, 5) is 53.7. The number of piperidine rings is 2. The quantitative estimate of drug-likeness (QED) is 0.553. The first-order valence-corrected chi connectivity index (χ1v) is 12.2. The third-order valence-electron chi connectivity index (χ3n) is 6.43. The number of hydrogen-bond donors (Lipinski definition) is 2. The van der Waals surface area contributed by atoms with Gasteiger partial charge in [0.05, 0.1) is 11.8 Å². The van der Waals surface area contributed by atoms with Crippen LogP contribution in [0.1, 0.15) is 60.3 Å². The Kier molecular flexibility index (Phi) is 9.08. The molecule has 2 heterocycles. The van der Waals surface area contributed by atoms with Crippen LogP contribution < -0.4 is 10.6 Å². The van der Waals surface area contributed by atoms with E-state index in [9.17, 15) is 19.2 Å². The van der Waals surface area contributed by atoms with Crippen LogP contribution in [0.5, 0.6) is 0 Å². The van der Waals surface area contributed by atoms with Crippen LogP contribution in [0.15, 0.2) is 25.3 Å². The first kappa shape index (κ1) is 27.6. The molecule has 0 bridgehead atoms. The van der Waals surface area contributed by atoms with Gasteiger partial charge in [0.2, 0.25) is 23.6 Å². The summed E-state index contributed by atoms with van der Waals surface area (Å²) in [6, 6.07) is 0. The van der Waals surface area contributed by atoms with E-state index in [1.165, 1.54) is 12.2 Å². The summed E-state index contributed by atoms with van der Waals surface area (Å²) in [6.07, 6.45) is 5.37. The molecular formula is C26H42N4O4. The lowest BCUT2D eigenvalue weighted by atomic mass is 9.80. The van der Waals surface area contributed by atoms with E-state index in [4.69, 9.17) is 0 Å². The first-order valence-electron chi connectivity index (χ1n) is 12.2. The fourth-order valence-corrected chi connectivity index (χ4v) is 5.05. The molecule has 2 aliphatic rings. The van der Waals surface area contributed by atoms with Gasteiger partial charge in [-0.05, 0) is 78.4 Å². The molecule has 190 valence electrons. The van der Waals surface area contributed by atoms with Crippen molar-refractivity contribution < 1.29 is 19.2 Å². The zero-order chi connectivity index (χ0) is 25.7. The van der Waals surface area contributed by atoms with E-state index in [2.05, 4.69) is 23.8 Å². The van der Waals surface area contributed by atoms with Crippen molar-refractivity contribution in [1.29, 1.82) is 0 Å². The lowest BCUT2D eigenvalue weighted by Gasteiger charge is -2.41. The number of amides is 4. The van der Waals surface area contributed by atoms with Gasteiger partial charge in [0.25, 0.3) is 0 Å². The summed E-state index contributed by atoms with van der Waals surface area (Å²) >= 11 is 0. The van der Waals surface area contributed by atoms with E-state index in [-0.39, 0.29) is 46.9 Å². The normalized spacial score (nSPS) is 23.6. The molecule has 0 spiro atoms.